The van der Waals surface area contributed by atoms with Crippen molar-refractivity contribution in [3.8, 4) is 0 Å². The molecule has 0 saturated heterocycles. The van der Waals surface area contributed by atoms with Crippen LogP contribution in [0.3, 0.4) is 0 Å². The van der Waals surface area contributed by atoms with Crippen LogP contribution in [0.1, 0.15) is 39.1 Å². The summed E-state index contributed by atoms with van der Waals surface area (Å²) in [6, 6.07) is 6.23. The van der Waals surface area contributed by atoms with Crippen molar-refractivity contribution in [3.05, 3.63) is 29.6 Å². The minimum Gasteiger partial charge on any atom is -0.311 e. The lowest BCUT2D eigenvalue weighted by atomic mass is 10.1. The van der Waals surface area contributed by atoms with Gasteiger partial charge in [-0.05, 0) is 46.4 Å². The van der Waals surface area contributed by atoms with Crippen molar-refractivity contribution in [2.24, 2.45) is 0 Å². The van der Waals surface area contributed by atoms with E-state index in [-0.39, 0.29) is 5.54 Å². The van der Waals surface area contributed by atoms with Gasteiger partial charge in [0.05, 0.1) is 5.69 Å². The average molecular weight is 249 g/mol. The molecule has 0 bridgehead atoms. The van der Waals surface area contributed by atoms with Gasteiger partial charge in [0.2, 0.25) is 0 Å². The van der Waals surface area contributed by atoms with Gasteiger partial charge < -0.3 is 5.32 Å². The van der Waals surface area contributed by atoms with Crippen LogP contribution < -0.4 is 5.32 Å². The van der Waals surface area contributed by atoms with E-state index in [0.29, 0.717) is 0 Å². The molecule has 0 atom stereocenters. The lowest BCUT2D eigenvalue weighted by Gasteiger charge is -2.25. The van der Waals surface area contributed by atoms with Gasteiger partial charge in [0, 0.05) is 30.9 Å². The molecule has 0 saturated carbocycles. The van der Waals surface area contributed by atoms with Gasteiger partial charge in [-0.3, -0.25) is 9.88 Å². The van der Waals surface area contributed by atoms with Crippen molar-refractivity contribution >= 4 is 0 Å². The predicted molar refractivity (Wildman–Crippen MR) is 77.7 cm³/mol. The topological polar surface area (TPSA) is 28.2 Å². The summed E-state index contributed by atoms with van der Waals surface area (Å²) in [5.74, 6) is 0. The number of aryl methyl sites for hydroxylation is 1. The minimum atomic E-state index is 0.195. The summed E-state index contributed by atoms with van der Waals surface area (Å²) >= 11 is 0. The van der Waals surface area contributed by atoms with Gasteiger partial charge in [0.1, 0.15) is 0 Å². The lowest BCUT2D eigenvalue weighted by Crippen LogP contribution is -2.41. The second-order valence-electron chi connectivity index (χ2n) is 5.82. The molecule has 0 unspecified atom stereocenters. The van der Waals surface area contributed by atoms with Crippen molar-refractivity contribution in [1.29, 1.82) is 0 Å². The molecule has 1 aromatic rings. The number of hydrogen-bond donors (Lipinski definition) is 1. The number of pyridine rings is 1. The maximum Gasteiger partial charge on any atom is 0.0547 e. The predicted octanol–water partition coefficient (Wildman–Crippen LogP) is 2.60. The molecule has 0 fully saturated rings. The zero-order chi connectivity index (χ0) is 13.6. The number of aromatic nitrogens is 1. The minimum absolute atomic E-state index is 0.195. The largest absolute Gasteiger partial charge is 0.311 e. The van der Waals surface area contributed by atoms with Gasteiger partial charge in [0.15, 0.2) is 0 Å². The summed E-state index contributed by atoms with van der Waals surface area (Å²) in [7, 11) is 0. The van der Waals surface area contributed by atoms with Crippen molar-refractivity contribution in [1.82, 2.24) is 15.2 Å². The Hall–Kier alpha value is -0.930. The first-order chi connectivity index (χ1) is 8.40. The zero-order valence-corrected chi connectivity index (χ0v) is 12.5. The average Bonchev–Trinajstić information content (AvgIpc) is 2.26. The molecule has 1 aromatic heterocycles. The van der Waals surface area contributed by atoms with E-state index in [9.17, 15) is 0 Å². The fraction of sp³-hybridized carbons (Fsp3) is 0.667. The Labute approximate surface area is 112 Å². The Kier molecular flexibility index (Phi) is 5.76. The van der Waals surface area contributed by atoms with Gasteiger partial charge >= 0.3 is 0 Å². The second-order valence-corrected chi connectivity index (χ2v) is 5.82. The first kappa shape index (κ1) is 15.1. The van der Waals surface area contributed by atoms with Crippen LogP contribution in [0.5, 0.6) is 0 Å². The van der Waals surface area contributed by atoms with Gasteiger partial charge in [0.25, 0.3) is 0 Å². The number of rotatable bonds is 6. The molecule has 1 rings (SSSR count). The summed E-state index contributed by atoms with van der Waals surface area (Å²) in [6.45, 7) is 14.9. The monoisotopic (exact) mass is 249 g/mol. The zero-order valence-electron chi connectivity index (χ0n) is 12.5. The molecule has 18 heavy (non-hydrogen) atoms. The Morgan fingerprint density at radius 3 is 2.56 bits per heavy atom. The molecular weight excluding hydrogens is 222 g/mol. The third-order valence-electron chi connectivity index (χ3n) is 2.86. The summed E-state index contributed by atoms with van der Waals surface area (Å²) in [5, 5.41) is 3.52. The molecule has 1 N–H and O–H groups in total. The highest BCUT2D eigenvalue weighted by molar-refractivity contribution is 5.09. The maximum absolute atomic E-state index is 4.56. The molecule has 1 heterocycles. The van der Waals surface area contributed by atoms with Gasteiger partial charge in [-0.25, -0.2) is 0 Å². The Morgan fingerprint density at radius 1 is 1.28 bits per heavy atom. The third kappa shape index (κ3) is 6.12. The van der Waals surface area contributed by atoms with Crippen LogP contribution in [0.2, 0.25) is 0 Å². The Bertz CT molecular complexity index is 355. The fourth-order valence-electron chi connectivity index (χ4n) is 1.85. The number of likely N-dealkylation sites (N-methyl/N-ethyl adjacent to an activating group) is 1. The molecule has 0 spiro atoms. The lowest BCUT2D eigenvalue weighted by molar-refractivity contribution is 0.263. The van der Waals surface area contributed by atoms with E-state index in [1.807, 2.05) is 13.0 Å². The summed E-state index contributed by atoms with van der Waals surface area (Å²) < 4.78 is 0. The summed E-state index contributed by atoms with van der Waals surface area (Å²) in [5.41, 5.74) is 2.45. The quantitative estimate of drug-likeness (QED) is 0.840. The van der Waals surface area contributed by atoms with E-state index in [1.165, 1.54) is 0 Å². The highest BCUT2D eigenvalue weighted by Crippen LogP contribution is 2.03. The van der Waals surface area contributed by atoms with Crippen molar-refractivity contribution < 1.29 is 0 Å². The van der Waals surface area contributed by atoms with E-state index < -0.39 is 0 Å². The molecule has 0 aliphatic rings. The van der Waals surface area contributed by atoms with Gasteiger partial charge in [-0.15, -0.1) is 0 Å². The standard InChI is InChI=1S/C15H27N3/c1-6-18(11-10-16-15(3,4)5)12-14-9-7-8-13(2)17-14/h7-9,16H,6,10-12H2,1-5H3. The van der Waals surface area contributed by atoms with E-state index in [1.54, 1.807) is 0 Å². The second kappa shape index (κ2) is 6.86. The highest BCUT2D eigenvalue weighted by Gasteiger charge is 2.10. The number of nitrogens with zero attached hydrogens (tertiary/aromatic N) is 2. The van der Waals surface area contributed by atoms with Crippen LogP contribution in [-0.4, -0.2) is 35.1 Å². The Balaban J connectivity index is 2.42. The Morgan fingerprint density at radius 2 is 2.00 bits per heavy atom. The van der Waals surface area contributed by atoms with Crippen LogP contribution in [0.15, 0.2) is 18.2 Å². The van der Waals surface area contributed by atoms with Crippen LogP contribution in [0.25, 0.3) is 0 Å². The van der Waals surface area contributed by atoms with E-state index >= 15 is 0 Å². The molecule has 102 valence electrons. The SMILES string of the molecule is CCN(CCNC(C)(C)C)Cc1cccc(C)n1. The van der Waals surface area contributed by atoms with Crippen molar-refractivity contribution in [2.75, 3.05) is 19.6 Å². The molecule has 3 nitrogen and oxygen atoms in total. The smallest absolute Gasteiger partial charge is 0.0547 e. The summed E-state index contributed by atoms with van der Waals surface area (Å²) in [6.07, 6.45) is 0. The molecule has 0 aromatic carbocycles. The molecular formula is C15H27N3. The first-order valence-electron chi connectivity index (χ1n) is 6.80. The van der Waals surface area contributed by atoms with Crippen LogP contribution in [0.4, 0.5) is 0 Å². The van der Waals surface area contributed by atoms with Crippen molar-refractivity contribution in [2.45, 2.75) is 46.7 Å². The first-order valence-corrected chi connectivity index (χ1v) is 6.80. The van der Waals surface area contributed by atoms with Crippen molar-refractivity contribution in [3.63, 3.8) is 0 Å². The van der Waals surface area contributed by atoms with Gasteiger partial charge in [-0.1, -0.05) is 13.0 Å². The van der Waals surface area contributed by atoms with E-state index in [2.05, 4.69) is 55.0 Å². The molecule has 0 amide bonds. The number of hydrogen-bond acceptors (Lipinski definition) is 3. The third-order valence-corrected chi connectivity index (χ3v) is 2.86. The number of nitrogens with one attached hydrogen (secondary N) is 1. The van der Waals surface area contributed by atoms with Crippen LogP contribution >= 0.6 is 0 Å². The molecule has 0 aliphatic carbocycles. The summed E-state index contributed by atoms with van der Waals surface area (Å²) in [4.78, 5) is 6.97. The highest BCUT2D eigenvalue weighted by atomic mass is 15.1. The molecule has 0 radical (unpaired) electrons. The molecule has 0 aliphatic heterocycles. The van der Waals surface area contributed by atoms with Crippen LogP contribution in [0, 0.1) is 6.92 Å². The normalized spacial score (nSPS) is 12.1. The fourth-order valence-corrected chi connectivity index (χ4v) is 1.85. The van der Waals surface area contributed by atoms with E-state index in [4.69, 9.17) is 0 Å². The molecule has 3 heteroatoms. The van der Waals surface area contributed by atoms with E-state index in [0.717, 1.165) is 37.6 Å². The van der Waals surface area contributed by atoms with Gasteiger partial charge in [-0.2, -0.15) is 0 Å². The maximum atomic E-state index is 4.56. The van der Waals surface area contributed by atoms with Crippen LogP contribution in [-0.2, 0) is 6.54 Å².